The molecule has 0 bridgehead atoms. The first-order valence-electron chi connectivity index (χ1n) is 6.62. The van der Waals surface area contributed by atoms with Crippen molar-refractivity contribution in [3.8, 4) is 5.75 Å². The number of carbonyl (C=O) groups is 1. The molecule has 2 aromatic rings. The van der Waals surface area contributed by atoms with Gasteiger partial charge in [0.05, 0.1) is 15.9 Å². The van der Waals surface area contributed by atoms with E-state index in [1.54, 1.807) is 6.08 Å². The van der Waals surface area contributed by atoms with Crippen molar-refractivity contribution in [1.29, 1.82) is 0 Å². The number of fused-ring (bicyclic) bond motifs is 1. The predicted molar refractivity (Wildman–Crippen MR) is 94.2 cm³/mol. The van der Waals surface area contributed by atoms with Crippen LogP contribution < -0.4 is 5.43 Å². The molecule has 1 N–H and O–H groups in total. The number of thioether (sulfide) groups is 1. The summed E-state index contributed by atoms with van der Waals surface area (Å²) in [6.07, 6.45) is 4.33. The standard InChI is InChI=1S/C16H11NO4S2/c1-2-5-17-15(20)13(23-16(17)22)6-9-8-21-12-4-3-10(18)7-11(12)14(9)19/h2-4,6-8,18H,1,5H2/b13-6-. The number of rotatable bonds is 3. The van der Waals surface area contributed by atoms with Crippen molar-refractivity contribution in [2.45, 2.75) is 0 Å². The van der Waals surface area contributed by atoms with Gasteiger partial charge in [0.2, 0.25) is 0 Å². The van der Waals surface area contributed by atoms with E-state index in [1.807, 2.05) is 0 Å². The monoisotopic (exact) mass is 345 g/mol. The van der Waals surface area contributed by atoms with Crippen LogP contribution in [0.15, 0.2) is 51.2 Å². The second-order valence-electron chi connectivity index (χ2n) is 4.78. The molecule has 0 aliphatic carbocycles. The highest BCUT2D eigenvalue weighted by atomic mass is 32.2. The second kappa shape index (κ2) is 6.02. The third kappa shape index (κ3) is 2.80. The van der Waals surface area contributed by atoms with E-state index in [0.717, 1.165) is 11.8 Å². The van der Waals surface area contributed by atoms with Crippen LogP contribution in [0, 0.1) is 0 Å². The second-order valence-corrected chi connectivity index (χ2v) is 6.46. The molecule has 1 aromatic heterocycles. The molecule has 2 heterocycles. The van der Waals surface area contributed by atoms with E-state index in [9.17, 15) is 14.7 Å². The van der Waals surface area contributed by atoms with Crippen LogP contribution in [0.2, 0.25) is 0 Å². The number of nitrogens with zero attached hydrogens (tertiary/aromatic N) is 1. The van der Waals surface area contributed by atoms with Crippen LogP contribution in [0.4, 0.5) is 0 Å². The third-order valence-electron chi connectivity index (χ3n) is 3.25. The number of hydrogen-bond acceptors (Lipinski definition) is 6. The van der Waals surface area contributed by atoms with Crippen molar-refractivity contribution in [2.75, 3.05) is 6.54 Å². The lowest BCUT2D eigenvalue weighted by molar-refractivity contribution is -0.121. The molecule has 23 heavy (non-hydrogen) atoms. The highest BCUT2D eigenvalue weighted by Gasteiger charge is 2.31. The lowest BCUT2D eigenvalue weighted by atomic mass is 10.1. The Bertz CT molecular complexity index is 929. The molecule has 1 aliphatic rings. The van der Waals surface area contributed by atoms with Crippen LogP contribution in [-0.4, -0.2) is 26.8 Å². The predicted octanol–water partition coefficient (Wildman–Crippen LogP) is 2.89. The first-order valence-corrected chi connectivity index (χ1v) is 7.84. The minimum Gasteiger partial charge on any atom is -0.508 e. The molecular weight excluding hydrogens is 334 g/mol. The number of phenols is 1. The lowest BCUT2D eigenvalue weighted by Gasteiger charge is -2.10. The first-order chi connectivity index (χ1) is 11.0. The third-order valence-corrected chi connectivity index (χ3v) is 4.63. The quantitative estimate of drug-likeness (QED) is 0.524. The fourth-order valence-electron chi connectivity index (χ4n) is 2.16. The van der Waals surface area contributed by atoms with Crippen molar-refractivity contribution >= 4 is 51.3 Å². The van der Waals surface area contributed by atoms with Gasteiger partial charge in [0.25, 0.3) is 5.91 Å². The summed E-state index contributed by atoms with van der Waals surface area (Å²) in [6, 6.07) is 4.28. The molecule has 1 amide bonds. The van der Waals surface area contributed by atoms with Gasteiger partial charge in [-0.1, -0.05) is 30.1 Å². The van der Waals surface area contributed by atoms with E-state index >= 15 is 0 Å². The minimum atomic E-state index is -0.323. The Morgan fingerprint density at radius 3 is 2.91 bits per heavy atom. The van der Waals surface area contributed by atoms with Crippen LogP contribution in [0.25, 0.3) is 17.0 Å². The molecule has 0 saturated carbocycles. The van der Waals surface area contributed by atoms with Gasteiger partial charge in [-0.3, -0.25) is 14.5 Å². The smallest absolute Gasteiger partial charge is 0.266 e. The average Bonchev–Trinajstić information content (AvgIpc) is 2.78. The number of benzene rings is 1. The van der Waals surface area contributed by atoms with Crippen molar-refractivity contribution in [1.82, 2.24) is 4.90 Å². The van der Waals surface area contributed by atoms with Gasteiger partial charge in [-0.25, -0.2) is 0 Å². The Morgan fingerprint density at radius 2 is 2.17 bits per heavy atom. The van der Waals surface area contributed by atoms with E-state index in [4.69, 9.17) is 16.6 Å². The SMILES string of the molecule is C=CCN1C(=O)/C(=C/c2coc3ccc(O)cc3c2=O)SC1=S. The van der Waals surface area contributed by atoms with Gasteiger partial charge < -0.3 is 9.52 Å². The molecule has 116 valence electrons. The van der Waals surface area contributed by atoms with Crippen LogP contribution in [0.1, 0.15) is 5.56 Å². The molecule has 1 saturated heterocycles. The van der Waals surface area contributed by atoms with Gasteiger partial charge in [0.1, 0.15) is 21.9 Å². The minimum absolute atomic E-state index is 0.0285. The number of thiocarbonyl (C=S) groups is 1. The van der Waals surface area contributed by atoms with Gasteiger partial charge >= 0.3 is 0 Å². The number of amides is 1. The number of hydrogen-bond donors (Lipinski definition) is 1. The average molecular weight is 345 g/mol. The summed E-state index contributed by atoms with van der Waals surface area (Å²) < 4.78 is 5.81. The number of carbonyl (C=O) groups excluding carboxylic acids is 1. The molecule has 1 aliphatic heterocycles. The van der Waals surface area contributed by atoms with E-state index in [-0.39, 0.29) is 28.0 Å². The highest BCUT2D eigenvalue weighted by Crippen LogP contribution is 2.32. The number of phenolic OH excluding ortho intramolecular Hbond substituents is 1. The van der Waals surface area contributed by atoms with Crippen LogP contribution in [0.5, 0.6) is 5.75 Å². The maximum absolute atomic E-state index is 12.5. The van der Waals surface area contributed by atoms with Gasteiger partial charge in [-0.2, -0.15) is 0 Å². The van der Waals surface area contributed by atoms with Gasteiger partial charge in [0, 0.05) is 6.54 Å². The topological polar surface area (TPSA) is 70.8 Å². The van der Waals surface area contributed by atoms with Gasteiger partial charge in [-0.15, -0.1) is 6.58 Å². The van der Waals surface area contributed by atoms with E-state index in [0.29, 0.717) is 21.4 Å². The Hall–Kier alpha value is -2.38. The zero-order valence-electron chi connectivity index (χ0n) is 11.8. The van der Waals surface area contributed by atoms with Crippen molar-refractivity contribution < 1.29 is 14.3 Å². The summed E-state index contributed by atoms with van der Waals surface area (Å²) >= 11 is 6.27. The Labute approximate surface area is 140 Å². The molecule has 0 unspecified atom stereocenters. The van der Waals surface area contributed by atoms with E-state index in [1.165, 1.54) is 35.4 Å². The Kier molecular flexibility index (Phi) is 4.06. The van der Waals surface area contributed by atoms with Crippen LogP contribution in [0.3, 0.4) is 0 Å². The molecule has 0 spiro atoms. The largest absolute Gasteiger partial charge is 0.508 e. The molecule has 0 atom stereocenters. The van der Waals surface area contributed by atoms with Crippen LogP contribution in [-0.2, 0) is 4.79 Å². The summed E-state index contributed by atoms with van der Waals surface area (Å²) in [4.78, 5) is 26.5. The fourth-order valence-corrected chi connectivity index (χ4v) is 3.43. The molecular formula is C16H11NO4S2. The molecule has 0 radical (unpaired) electrons. The maximum atomic E-state index is 12.5. The molecule has 1 fully saturated rings. The molecule has 7 heteroatoms. The van der Waals surface area contributed by atoms with Gasteiger partial charge in [-0.05, 0) is 24.3 Å². The van der Waals surface area contributed by atoms with Crippen molar-refractivity contribution in [2.24, 2.45) is 0 Å². The Morgan fingerprint density at radius 1 is 1.39 bits per heavy atom. The normalized spacial score (nSPS) is 16.5. The highest BCUT2D eigenvalue weighted by molar-refractivity contribution is 8.26. The van der Waals surface area contributed by atoms with E-state index in [2.05, 4.69) is 6.58 Å². The first kappa shape index (κ1) is 15.5. The summed E-state index contributed by atoms with van der Waals surface area (Å²) in [5.74, 6) is -0.297. The van der Waals surface area contributed by atoms with E-state index < -0.39 is 0 Å². The Balaban J connectivity index is 2.06. The van der Waals surface area contributed by atoms with Crippen molar-refractivity contribution in [3.63, 3.8) is 0 Å². The molecule has 3 rings (SSSR count). The maximum Gasteiger partial charge on any atom is 0.266 e. The van der Waals surface area contributed by atoms with Crippen molar-refractivity contribution in [3.05, 3.63) is 57.8 Å². The molecule has 1 aromatic carbocycles. The summed E-state index contributed by atoms with van der Waals surface area (Å²) in [5.41, 5.74) is 0.266. The molecule has 5 nitrogen and oxygen atoms in total. The zero-order chi connectivity index (χ0) is 16.6. The lowest BCUT2D eigenvalue weighted by Crippen LogP contribution is -2.27. The zero-order valence-corrected chi connectivity index (χ0v) is 13.4. The van der Waals surface area contributed by atoms with Crippen LogP contribution >= 0.6 is 24.0 Å². The summed E-state index contributed by atoms with van der Waals surface area (Å²) in [5, 5.41) is 9.76. The fraction of sp³-hybridized carbons (Fsp3) is 0.0625. The summed E-state index contributed by atoms with van der Waals surface area (Å²) in [6.45, 7) is 3.91. The van der Waals surface area contributed by atoms with Gasteiger partial charge in [0.15, 0.2) is 5.43 Å². The summed E-state index contributed by atoms with van der Waals surface area (Å²) in [7, 11) is 0. The number of aromatic hydroxyl groups is 1.